The number of rotatable bonds is 4. The fourth-order valence-electron chi connectivity index (χ4n) is 1.55. The average molecular weight is 205 g/mol. The first kappa shape index (κ1) is 11.4. The number of carbonyl (C=O) groups is 2. The standard InChI is InChI=1S/C12H15NO2/c1-3-9-13(12(15)4-2)10-7-5-6-8-11(10)14/h3-4,7H,1-2,5-6,8-9H2. The molecular formula is C12H15NO2. The Bertz CT molecular complexity index is 329. The van der Waals surface area contributed by atoms with Crippen LogP contribution in [0.1, 0.15) is 19.3 Å². The SMILES string of the molecule is C=CCN(C(=O)C=C)C1=CCCCC1=O. The maximum atomic E-state index is 11.6. The molecule has 1 aliphatic rings. The Morgan fingerprint density at radius 3 is 2.80 bits per heavy atom. The summed E-state index contributed by atoms with van der Waals surface area (Å²) in [6.45, 7) is 7.34. The number of amides is 1. The minimum atomic E-state index is -0.253. The maximum Gasteiger partial charge on any atom is 0.250 e. The lowest BCUT2D eigenvalue weighted by atomic mass is 10.0. The number of nitrogens with zero attached hydrogens (tertiary/aromatic N) is 1. The van der Waals surface area contributed by atoms with Crippen molar-refractivity contribution >= 4 is 11.7 Å². The zero-order valence-corrected chi connectivity index (χ0v) is 8.74. The summed E-state index contributed by atoms with van der Waals surface area (Å²) in [7, 11) is 0. The van der Waals surface area contributed by atoms with Crippen LogP contribution in [0.15, 0.2) is 37.1 Å². The lowest BCUT2D eigenvalue weighted by Gasteiger charge is -2.24. The third-order valence-electron chi connectivity index (χ3n) is 2.27. The molecule has 0 heterocycles. The van der Waals surface area contributed by atoms with E-state index in [4.69, 9.17) is 0 Å². The second-order valence-electron chi connectivity index (χ2n) is 3.35. The van der Waals surface area contributed by atoms with Crippen LogP contribution in [-0.4, -0.2) is 23.1 Å². The molecule has 15 heavy (non-hydrogen) atoms. The smallest absolute Gasteiger partial charge is 0.250 e. The second-order valence-corrected chi connectivity index (χ2v) is 3.35. The number of hydrogen-bond donors (Lipinski definition) is 0. The van der Waals surface area contributed by atoms with Gasteiger partial charge in [0.05, 0.1) is 5.70 Å². The van der Waals surface area contributed by atoms with Gasteiger partial charge in [-0.2, -0.15) is 0 Å². The fraction of sp³-hybridized carbons (Fsp3) is 0.333. The number of hydrogen-bond acceptors (Lipinski definition) is 2. The highest BCUT2D eigenvalue weighted by atomic mass is 16.2. The molecule has 0 saturated heterocycles. The van der Waals surface area contributed by atoms with E-state index in [0.717, 1.165) is 12.8 Å². The highest BCUT2D eigenvalue weighted by Crippen LogP contribution is 2.18. The Hall–Kier alpha value is -1.64. The molecule has 80 valence electrons. The number of ketones is 1. The molecule has 0 aromatic carbocycles. The molecular weight excluding hydrogens is 190 g/mol. The van der Waals surface area contributed by atoms with Gasteiger partial charge in [-0.1, -0.05) is 18.7 Å². The molecule has 0 N–H and O–H groups in total. The van der Waals surface area contributed by atoms with Gasteiger partial charge in [-0.25, -0.2) is 0 Å². The first-order valence-corrected chi connectivity index (χ1v) is 4.99. The molecule has 0 fully saturated rings. The molecule has 3 heteroatoms. The van der Waals surface area contributed by atoms with Crippen LogP contribution in [0.25, 0.3) is 0 Å². The van der Waals surface area contributed by atoms with Gasteiger partial charge in [-0.3, -0.25) is 9.59 Å². The highest BCUT2D eigenvalue weighted by Gasteiger charge is 2.22. The first-order valence-electron chi connectivity index (χ1n) is 4.99. The molecule has 0 saturated carbocycles. The van der Waals surface area contributed by atoms with Gasteiger partial charge in [0.1, 0.15) is 0 Å². The van der Waals surface area contributed by atoms with Gasteiger partial charge in [-0.15, -0.1) is 6.58 Å². The lowest BCUT2D eigenvalue weighted by molar-refractivity contribution is -0.127. The summed E-state index contributed by atoms with van der Waals surface area (Å²) < 4.78 is 0. The van der Waals surface area contributed by atoms with Crippen LogP contribution in [-0.2, 0) is 9.59 Å². The molecule has 0 radical (unpaired) electrons. The van der Waals surface area contributed by atoms with E-state index in [1.54, 1.807) is 6.08 Å². The summed E-state index contributed by atoms with van der Waals surface area (Å²) in [4.78, 5) is 24.5. The Kier molecular flexibility index (Phi) is 4.03. The monoisotopic (exact) mass is 205 g/mol. The van der Waals surface area contributed by atoms with Crippen LogP contribution in [0.5, 0.6) is 0 Å². The molecule has 0 aliphatic heterocycles. The van der Waals surface area contributed by atoms with Crippen LogP contribution in [0.4, 0.5) is 0 Å². The molecule has 1 amide bonds. The molecule has 0 spiro atoms. The van der Waals surface area contributed by atoms with Crippen molar-refractivity contribution in [2.24, 2.45) is 0 Å². The quantitative estimate of drug-likeness (QED) is 0.518. The van der Waals surface area contributed by atoms with Crippen LogP contribution in [0, 0.1) is 0 Å². The molecule has 0 aromatic heterocycles. The van der Waals surface area contributed by atoms with Crippen molar-refractivity contribution in [1.29, 1.82) is 0 Å². The van der Waals surface area contributed by atoms with Crippen molar-refractivity contribution in [3.63, 3.8) is 0 Å². The fourth-order valence-corrected chi connectivity index (χ4v) is 1.55. The predicted octanol–water partition coefficient (Wildman–Crippen LogP) is 1.82. The Morgan fingerprint density at radius 1 is 1.53 bits per heavy atom. The zero-order chi connectivity index (χ0) is 11.3. The summed E-state index contributed by atoms with van der Waals surface area (Å²) in [5.41, 5.74) is 0.492. The summed E-state index contributed by atoms with van der Waals surface area (Å²) in [6, 6.07) is 0. The van der Waals surface area contributed by atoms with Gasteiger partial charge >= 0.3 is 0 Å². The number of carbonyl (C=O) groups excluding carboxylic acids is 2. The second kappa shape index (κ2) is 5.29. The van der Waals surface area contributed by atoms with E-state index in [1.165, 1.54) is 11.0 Å². The molecule has 0 atom stereocenters. The molecule has 3 nitrogen and oxygen atoms in total. The summed E-state index contributed by atoms with van der Waals surface area (Å²) >= 11 is 0. The lowest BCUT2D eigenvalue weighted by Crippen LogP contribution is -2.33. The van der Waals surface area contributed by atoms with Gasteiger partial charge in [0.2, 0.25) is 0 Å². The first-order chi connectivity index (χ1) is 7.20. The van der Waals surface area contributed by atoms with Gasteiger partial charge in [0, 0.05) is 13.0 Å². The van der Waals surface area contributed by atoms with Crippen molar-refractivity contribution in [2.45, 2.75) is 19.3 Å². The van der Waals surface area contributed by atoms with E-state index < -0.39 is 0 Å². The Labute approximate surface area is 89.8 Å². The van der Waals surface area contributed by atoms with E-state index in [1.807, 2.05) is 6.08 Å². The van der Waals surface area contributed by atoms with Crippen LogP contribution >= 0.6 is 0 Å². The van der Waals surface area contributed by atoms with Crippen LogP contribution in [0.2, 0.25) is 0 Å². The van der Waals surface area contributed by atoms with E-state index in [9.17, 15) is 9.59 Å². The van der Waals surface area contributed by atoms with Crippen LogP contribution in [0.3, 0.4) is 0 Å². The third kappa shape index (κ3) is 2.65. The maximum absolute atomic E-state index is 11.6. The Morgan fingerprint density at radius 2 is 2.27 bits per heavy atom. The van der Waals surface area contributed by atoms with Crippen molar-refractivity contribution in [3.8, 4) is 0 Å². The van der Waals surface area contributed by atoms with Crippen molar-refractivity contribution in [2.75, 3.05) is 6.54 Å². The van der Waals surface area contributed by atoms with Gasteiger partial charge in [0.15, 0.2) is 5.78 Å². The normalized spacial score (nSPS) is 15.5. The van der Waals surface area contributed by atoms with Crippen molar-refractivity contribution < 1.29 is 9.59 Å². The van der Waals surface area contributed by atoms with Gasteiger partial charge in [-0.05, 0) is 18.9 Å². The Balaban J connectivity index is 2.91. The predicted molar refractivity (Wildman–Crippen MR) is 59.0 cm³/mol. The van der Waals surface area contributed by atoms with Gasteiger partial charge < -0.3 is 4.90 Å². The molecule has 0 unspecified atom stereocenters. The van der Waals surface area contributed by atoms with E-state index in [2.05, 4.69) is 13.2 Å². The van der Waals surface area contributed by atoms with Gasteiger partial charge in [0.25, 0.3) is 5.91 Å². The molecule has 0 bridgehead atoms. The van der Waals surface area contributed by atoms with Crippen molar-refractivity contribution in [1.82, 2.24) is 4.90 Å². The van der Waals surface area contributed by atoms with E-state index in [-0.39, 0.29) is 11.7 Å². The number of Topliss-reactive ketones (excluding diaryl/α,β-unsaturated/α-hetero) is 1. The van der Waals surface area contributed by atoms with Crippen molar-refractivity contribution in [3.05, 3.63) is 37.1 Å². The zero-order valence-electron chi connectivity index (χ0n) is 8.74. The van der Waals surface area contributed by atoms with E-state index >= 15 is 0 Å². The minimum Gasteiger partial charge on any atom is -0.302 e. The largest absolute Gasteiger partial charge is 0.302 e. The number of allylic oxidation sites excluding steroid dienone is 2. The molecule has 1 aliphatic carbocycles. The minimum absolute atomic E-state index is 0.0262. The summed E-state index contributed by atoms with van der Waals surface area (Å²) in [5.74, 6) is -0.227. The molecule has 1 rings (SSSR count). The molecule has 0 aromatic rings. The summed E-state index contributed by atoms with van der Waals surface area (Å²) in [5, 5.41) is 0. The average Bonchev–Trinajstić information content (AvgIpc) is 2.26. The highest BCUT2D eigenvalue weighted by molar-refractivity contribution is 6.01. The van der Waals surface area contributed by atoms with Crippen LogP contribution < -0.4 is 0 Å². The third-order valence-corrected chi connectivity index (χ3v) is 2.27. The summed E-state index contributed by atoms with van der Waals surface area (Å²) in [6.07, 6.45) is 6.86. The topological polar surface area (TPSA) is 37.4 Å². The van der Waals surface area contributed by atoms with E-state index in [0.29, 0.717) is 18.7 Å².